The summed E-state index contributed by atoms with van der Waals surface area (Å²) >= 11 is 0. The smallest absolute Gasteiger partial charge is 0.220 e. The van der Waals surface area contributed by atoms with E-state index in [4.69, 9.17) is 0 Å². The normalized spacial score (nSPS) is 28.4. The molecule has 3 heteroatoms. The van der Waals surface area contributed by atoms with Gasteiger partial charge >= 0.3 is 0 Å². The second-order valence-electron chi connectivity index (χ2n) is 6.28. The Bertz CT molecular complexity index is 253. The van der Waals surface area contributed by atoms with Crippen LogP contribution in [0.25, 0.3) is 0 Å². The van der Waals surface area contributed by atoms with Crippen LogP contribution >= 0.6 is 0 Å². The Morgan fingerprint density at radius 1 is 1.28 bits per heavy atom. The second-order valence-corrected chi connectivity index (χ2v) is 6.28. The first-order valence-corrected chi connectivity index (χ1v) is 7.51. The molecule has 0 radical (unpaired) electrons. The lowest BCUT2D eigenvalue weighted by molar-refractivity contribution is -0.122. The van der Waals surface area contributed by atoms with Crippen LogP contribution in [0.3, 0.4) is 0 Å². The summed E-state index contributed by atoms with van der Waals surface area (Å²) in [7, 11) is 0. The molecule has 1 aliphatic rings. The van der Waals surface area contributed by atoms with Gasteiger partial charge in [-0.15, -0.1) is 0 Å². The van der Waals surface area contributed by atoms with Gasteiger partial charge in [-0.1, -0.05) is 27.7 Å². The van der Waals surface area contributed by atoms with Crippen molar-refractivity contribution in [1.29, 1.82) is 0 Å². The van der Waals surface area contributed by atoms with E-state index in [2.05, 4.69) is 38.3 Å². The SMILES string of the molecule is CC1CCC(NC(=O)CCCNC(C)C)C(C)C1. The van der Waals surface area contributed by atoms with Crippen molar-refractivity contribution >= 4 is 5.91 Å². The summed E-state index contributed by atoms with van der Waals surface area (Å²) < 4.78 is 0. The Kier molecular flexibility index (Phi) is 6.69. The van der Waals surface area contributed by atoms with Crippen molar-refractivity contribution in [3.8, 4) is 0 Å². The van der Waals surface area contributed by atoms with Gasteiger partial charge in [-0.3, -0.25) is 4.79 Å². The van der Waals surface area contributed by atoms with Crippen LogP contribution in [0.15, 0.2) is 0 Å². The lowest BCUT2D eigenvalue weighted by Crippen LogP contribution is -2.42. The van der Waals surface area contributed by atoms with Crippen LogP contribution < -0.4 is 10.6 Å². The average molecular weight is 254 g/mol. The second kappa shape index (κ2) is 7.78. The van der Waals surface area contributed by atoms with Gasteiger partial charge in [-0.25, -0.2) is 0 Å². The van der Waals surface area contributed by atoms with E-state index in [1.165, 1.54) is 12.8 Å². The van der Waals surface area contributed by atoms with Crippen LogP contribution in [0.5, 0.6) is 0 Å². The zero-order valence-corrected chi connectivity index (χ0v) is 12.5. The highest BCUT2D eigenvalue weighted by Gasteiger charge is 2.26. The molecule has 3 unspecified atom stereocenters. The zero-order chi connectivity index (χ0) is 13.5. The van der Waals surface area contributed by atoms with Crippen LogP contribution in [0.1, 0.15) is 59.8 Å². The third-order valence-electron chi connectivity index (χ3n) is 3.91. The maximum absolute atomic E-state index is 11.8. The minimum atomic E-state index is 0.229. The highest BCUT2D eigenvalue weighted by Crippen LogP contribution is 2.28. The topological polar surface area (TPSA) is 41.1 Å². The van der Waals surface area contributed by atoms with Gasteiger partial charge in [0.1, 0.15) is 0 Å². The van der Waals surface area contributed by atoms with Gasteiger partial charge in [-0.05, 0) is 44.1 Å². The molecule has 3 nitrogen and oxygen atoms in total. The monoisotopic (exact) mass is 254 g/mol. The molecular weight excluding hydrogens is 224 g/mol. The molecule has 106 valence electrons. The maximum atomic E-state index is 11.8. The van der Waals surface area contributed by atoms with E-state index in [-0.39, 0.29) is 5.91 Å². The Hall–Kier alpha value is -0.570. The van der Waals surface area contributed by atoms with Gasteiger partial charge < -0.3 is 10.6 Å². The summed E-state index contributed by atoms with van der Waals surface area (Å²) in [6, 6.07) is 0.916. The molecule has 0 aliphatic heterocycles. The molecule has 0 aromatic heterocycles. The highest BCUT2D eigenvalue weighted by atomic mass is 16.1. The van der Waals surface area contributed by atoms with Crippen molar-refractivity contribution in [2.24, 2.45) is 11.8 Å². The largest absolute Gasteiger partial charge is 0.353 e. The summed E-state index contributed by atoms with van der Waals surface area (Å²) in [5, 5.41) is 6.55. The van der Waals surface area contributed by atoms with Crippen molar-refractivity contribution in [2.45, 2.75) is 71.9 Å². The molecule has 3 atom stereocenters. The number of carbonyl (C=O) groups excluding carboxylic acids is 1. The first-order chi connectivity index (χ1) is 8.49. The molecule has 1 aliphatic carbocycles. The molecule has 1 fully saturated rings. The van der Waals surface area contributed by atoms with Crippen LogP contribution in [0.4, 0.5) is 0 Å². The lowest BCUT2D eigenvalue weighted by Gasteiger charge is -2.33. The maximum Gasteiger partial charge on any atom is 0.220 e. The zero-order valence-electron chi connectivity index (χ0n) is 12.5. The fourth-order valence-electron chi connectivity index (χ4n) is 2.80. The fourth-order valence-corrected chi connectivity index (χ4v) is 2.80. The molecular formula is C15H30N2O. The number of carbonyl (C=O) groups is 1. The number of nitrogens with one attached hydrogen (secondary N) is 2. The summed E-state index contributed by atoms with van der Waals surface area (Å²) in [5.74, 6) is 1.68. The van der Waals surface area contributed by atoms with E-state index in [9.17, 15) is 4.79 Å². The molecule has 2 N–H and O–H groups in total. The molecule has 1 saturated carbocycles. The predicted molar refractivity (Wildman–Crippen MR) is 76.5 cm³/mol. The summed E-state index contributed by atoms with van der Waals surface area (Å²) in [5.41, 5.74) is 0. The Morgan fingerprint density at radius 3 is 2.61 bits per heavy atom. The highest BCUT2D eigenvalue weighted by molar-refractivity contribution is 5.76. The van der Waals surface area contributed by atoms with Crippen molar-refractivity contribution in [1.82, 2.24) is 10.6 Å². The third kappa shape index (κ3) is 5.85. The van der Waals surface area contributed by atoms with Crippen molar-refractivity contribution in [3.05, 3.63) is 0 Å². The molecule has 1 amide bonds. The van der Waals surface area contributed by atoms with E-state index in [1.54, 1.807) is 0 Å². The van der Waals surface area contributed by atoms with Crippen LogP contribution in [0, 0.1) is 11.8 Å². The Labute approximate surface area is 112 Å². The van der Waals surface area contributed by atoms with Crippen molar-refractivity contribution in [3.63, 3.8) is 0 Å². The van der Waals surface area contributed by atoms with Crippen LogP contribution in [0.2, 0.25) is 0 Å². The first kappa shape index (κ1) is 15.5. The van der Waals surface area contributed by atoms with E-state index in [1.807, 2.05) is 0 Å². The molecule has 0 spiro atoms. The number of amides is 1. The predicted octanol–water partition coefficient (Wildman–Crippen LogP) is 2.71. The van der Waals surface area contributed by atoms with Gasteiger partial charge in [0.15, 0.2) is 0 Å². The average Bonchev–Trinajstić information content (AvgIpc) is 2.28. The Morgan fingerprint density at radius 2 is 2.00 bits per heavy atom. The minimum absolute atomic E-state index is 0.229. The standard InChI is InChI=1S/C15H30N2O/c1-11(2)16-9-5-6-15(18)17-14-8-7-12(3)10-13(14)4/h11-14,16H,5-10H2,1-4H3,(H,17,18). The van der Waals surface area contributed by atoms with Crippen molar-refractivity contribution < 1.29 is 4.79 Å². The molecule has 0 saturated heterocycles. The molecule has 18 heavy (non-hydrogen) atoms. The van der Waals surface area contributed by atoms with E-state index in [0.29, 0.717) is 24.4 Å². The summed E-state index contributed by atoms with van der Waals surface area (Å²) in [6.07, 6.45) is 5.24. The molecule has 0 aromatic rings. The van der Waals surface area contributed by atoms with Crippen LogP contribution in [-0.4, -0.2) is 24.5 Å². The number of hydrogen-bond acceptors (Lipinski definition) is 2. The Balaban J connectivity index is 2.15. The van der Waals surface area contributed by atoms with Gasteiger partial charge in [0.2, 0.25) is 5.91 Å². The molecule has 0 aromatic carbocycles. The molecule has 1 rings (SSSR count). The lowest BCUT2D eigenvalue weighted by atomic mass is 9.80. The molecule has 0 bridgehead atoms. The van der Waals surface area contributed by atoms with Crippen molar-refractivity contribution in [2.75, 3.05) is 6.54 Å². The quantitative estimate of drug-likeness (QED) is 0.716. The number of rotatable bonds is 6. The minimum Gasteiger partial charge on any atom is -0.353 e. The van der Waals surface area contributed by atoms with E-state index in [0.717, 1.165) is 25.3 Å². The fraction of sp³-hybridized carbons (Fsp3) is 0.933. The van der Waals surface area contributed by atoms with Gasteiger partial charge in [0, 0.05) is 18.5 Å². The summed E-state index contributed by atoms with van der Waals surface area (Å²) in [6.45, 7) is 9.77. The number of hydrogen-bond donors (Lipinski definition) is 2. The summed E-state index contributed by atoms with van der Waals surface area (Å²) in [4.78, 5) is 11.8. The van der Waals surface area contributed by atoms with Gasteiger partial charge in [0.25, 0.3) is 0 Å². The van der Waals surface area contributed by atoms with Gasteiger partial charge in [0.05, 0.1) is 0 Å². The molecule has 0 heterocycles. The first-order valence-electron chi connectivity index (χ1n) is 7.51. The van der Waals surface area contributed by atoms with Crippen LogP contribution in [-0.2, 0) is 4.79 Å². The van der Waals surface area contributed by atoms with Gasteiger partial charge in [-0.2, -0.15) is 0 Å². The third-order valence-corrected chi connectivity index (χ3v) is 3.91. The van der Waals surface area contributed by atoms with E-state index < -0.39 is 0 Å². The van der Waals surface area contributed by atoms with E-state index >= 15 is 0 Å².